The second kappa shape index (κ2) is 11.8. The Labute approximate surface area is 194 Å². The van der Waals surface area contributed by atoms with Gasteiger partial charge in [-0.05, 0) is 12.1 Å². The molecule has 0 unspecified atom stereocenters. The Bertz CT molecular complexity index is 965. The van der Waals surface area contributed by atoms with Crippen LogP contribution in [0.1, 0.15) is 10.4 Å². The van der Waals surface area contributed by atoms with Gasteiger partial charge in [0.25, 0.3) is 0 Å². The Morgan fingerprint density at radius 1 is 1.00 bits per heavy atom. The number of alkyl halides is 9. The van der Waals surface area contributed by atoms with Crippen molar-refractivity contribution in [3.8, 4) is 0 Å². The van der Waals surface area contributed by atoms with E-state index in [1.807, 2.05) is 0 Å². The van der Waals surface area contributed by atoms with Crippen LogP contribution in [0.25, 0.3) is 0 Å². The van der Waals surface area contributed by atoms with Crippen LogP contribution in [0.5, 0.6) is 0 Å². The van der Waals surface area contributed by atoms with E-state index in [0.29, 0.717) is 5.56 Å². The topological polar surface area (TPSA) is 200 Å². The molecule has 4 atom stereocenters. The van der Waals surface area contributed by atoms with Gasteiger partial charge in [-0.25, -0.2) is 0 Å². The summed E-state index contributed by atoms with van der Waals surface area (Å²) in [5, 5.41) is 28.0. The fourth-order valence-corrected chi connectivity index (χ4v) is 2.36. The van der Waals surface area contributed by atoms with Gasteiger partial charge in [-0.1, -0.05) is 0 Å². The Kier molecular flexibility index (Phi) is 11.1. The van der Waals surface area contributed by atoms with Gasteiger partial charge in [-0.2, -0.15) is 47.9 Å². The monoisotopic (exact) mass is 572 g/mol. The van der Waals surface area contributed by atoms with Crippen LogP contribution >= 0.6 is 0 Å². The molecule has 210 valence electrons. The van der Waals surface area contributed by atoms with Crippen molar-refractivity contribution < 1.29 is 82.4 Å². The van der Waals surface area contributed by atoms with Crippen LogP contribution in [0.3, 0.4) is 0 Å². The van der Waals surface area contributed by atoms with Gasteiger partial charge in [0.1, 0.15) is 18.3 Å². The van der Waals surface area contributed by atoms with E-state index in [4.69, 9.17) is 30.7 Å². The highest BCUT2D eigenvalue weighted by Crippen LogP contribution is 2.54. The number of primary amides is 1. The van der Waals surface area contributed by atoms with Gasteiger partial charge in [-0.15, -0.1) is 0 Å². The Morgan fingerprint density at radius 2 is 1.50 bits per heavy atom. The smallest absolute Gasteiger partial charge is 0.394 e. The van der Waals surface area contributed by atoms with Gasteiger partial charge in [0.05, 0.1) is 12.2 Å². The number of aliphatic hydroxyl groups excluding tert-OH is 4. The minimum Gasteiger partial charge on any atom is -0.394 e. The Morgan fingerprint density at radius 3 is 1.72 bits per heavy atom. The molecule has 0 bridgehead atoms. The SMILES string of the molecule is NC(=O)c1cccnc1.O=S(=O)(O)C(F)(F)C(F)(F)C(F)(F)C(F)(F)F.OC[C@H]1O[C@@H](O)[C@H](O)[C@@H]1O. The molecule has 1 fully saturated rings. The lowest BCUT2D eigenvalue weighted by Crippen LogP contribution is -2.63. The number of carbonyl (C=O) groups is 1. The summed E-state index contributed by atoms with van der Waals surface area (Å²) in [7, 11) is -7.17. The number of carbonyl (C=O) groups excluding carboxylic acids is 1. The summed E-state index contributed by atoms with van der Waals surface area (Å²) in [4.78, 5) is 14.1. The van der Waals surface area contributed by atoms with Gasteiger partial charge < -0.3 is 30.9 Å². The number of nitrogens with zero attached hydrogens (tertiary/aromatic N) is 1. The number of aliphatic hydroxyl groups is 4. The summed E-state index contributed by atoms with van der Waals surface area (Å²) < 4.78 is 138. The average Bonchev–Trinajstić information content (AvgIpc) is 3.00. The first kappa shape index (κ1) is 33.7. The first-order valence-corrected chi connectivity index (χ1v) is 10.1. The number of pyridine rings is 1. The van der Waals surface area contributed by atoms with E-state index in [2.05, 4.69) is 9.72 Å². The number of nitrogens with two attached hydrogens (primary N) is 1. The molecule has 0 radical (unpaired) electrons. The maximum absolute atomic E-state index is 12.2. The number of hydrogen-bond donors (Lipinski definition) is 6. The first-order chi connectivity index (χ1) is 16.0. The zero-order chi connectivity index (χ0) is 28.9. The summed E-state index contributed by atoms with van der Waals surface area (Å²) in [6.45, 7) is -0.407. The molecule has 0 saturated carbocycles. The minimum absolute atomic E-state index is 0.407. The highest BCUT2D eigenvalue weighted by atomic mass is 32.2. The molecule has 1 aliphatic rings. The largest absolute Gasteiger partial charge is 0.460 e. The predicted molar refractivity (Wildman–Crippen MR) is 95.2 cm³/mol. The molecular formula is C15H17F9N2O9S. The molecule has 1 saturated heterocycles. The third kappa shape index (κ3) is 7.36. The molecular weight excluding hydrogens is 555 g/mol. The molecule has 21 heteroatoms. The van der Waals surface area contributed by atoms with Gasteiger partial charge in [0.15, 0.2) is 6.29 Å². The number of hydrogen-bond acceptors (Lipinski definition) is 9. The van der Waals surface area contributed by atoms with Crippen molar-refractivity contribution in [1.82, 2.24) is 4.98 Å². The van der Waals surface area contributed by atoms with Gasteiger partial charge >= 0.3 is 33.4 Å². The molecule has 1 aromatic rings. The number of halogens is 9. The van der Waals surface area contributed by atoms with Gasteiger partial charge in [0, 0.05) is 12.4 Å². The van der Waals surface area contributed by atoms with Crippen LogP contribution in [0.4, 0.5) is 39.5 Å². The number of aromatic nitrogens is 1. The Hall–Kier alpha value is -2.30. The van der Waals surface area contributed by atoms with Crippen molar-refractivity contribution in [3.63, 3.8) is 0 Å². The highest BCUT2D eigenvalue weighted by Gasteiger charge is 2.85. The summed E-state index contributed by atoms with van der Waals surface area (Å²) in [6.07, 6.45) is -8.87. The van der Waals surface area contributed by atoms with Gasteiger partial charge in [0.2, 0.25) is 5.91 Å². The van der Waals surface area contributed by atoms with E-state index >= 15 is 0 Å². The number of amides is 1. The van der Waals surface area contributed by atoms with Crippen molar-refractivity contribution in [2.75, 3.05) is 6.61 Å². The standard InChI is InChI=1S/C6H6N2O.C5H10O5.C4HF9O3S/c7-6(9)5-2-1-3-8-4-5;6-1-2-3(7)4(8)5(9)10-2;5-1(6,3(9,10)11)2(7,8)4(12,13)17(14,15)16/h1-4H,(H2,7,9);2-9H,1H2;(H,14,15,16)/t;2-,3-,4-,5-;/m.1./s1. The maximum atomic E-state index is 12.2. The van der Waals surface area contributed by atoms with E-state index in [-0.39, 0.29) is 0 Å². The van der Waals surface area contributed by atoms with Crippen LogP contribution in [-0.4, -0.2) is 98.8 Å². The Balaban J connectivity index is 0.000000546. The van der Waals surface area contributed by atoms with E-state index in [9.17, 15) is 52.7 Å². The van der Waals surface area contributed by atoms with Crippen LogP contribution in [0.15, 0.2) is 24.5 Å². The summed E-state index contributed by atoms with van der Waals surface area (Å²) >= 11 is 0. The zero-order valence-corrected chi connectivity index (χ0v) is 17.8. The fourth-order valence-electron chi connectivity index (χ4n) is 1.91. The fraction of sp³-hybridized carbons (Fsp3) is 0.600. The average molecular weight is 572 g/mol. The molecule has 1 aliphatic heterocycles. The van der Waals surface area contributed by atoms with Crippen molar-refractivity contribution in [3.05, 3.63) is 30.1 Å². The van der Waals surface area contributed by atoms with E-state index in [1.54, 1.807) is 18.3 Å². The second-order valence-corrected chi connectivity index (χ2v) is 7.94. The summed E-state index contributed by atoms with van der Waals surface area (Å²) in [6, 6.07) is 3.29. The van der Waals surface area contributed by atoms with E-state index in [1.165, 1.54) is 6.20 Å². The van der Waals surface area contributed by atoms with E-state index in [0.717, 1.165) is 0 Å². The van der Waals surface area contributed by atoms with Crippen LogP contribution in [-0.2, 0) is 14.9 Å². The molecule has 0 aromatic carbocycles. The van der Waals surface area contributed by atoms with E-state index < -0.39 is 70.5 Å². The summed E-state index contributed by atoms with van der Waals surface area (Å²) in [5.74, 6) is -15.2. The van der Waals surface area contributed by atoms with Crippen LogP contribution in [0, 0.1) is 0 Å². The lowest BCUT2D eigenvalue weighted by atomic mass is 10.1. The second-order valence-electron chi connectivity index (χ2n) is 6.47. The minimum atomic E-state index is -7.37. The number of ether oxygens (including phenoxy) is 1. The van der Waals surface area contributed by atoms with Crippen LogP contribution in [0.2, 0.25) is 0 Å². The third-order valence-corrected chi connectivity index (χ3v) is 4.81. The first-order valence-electron chi connectivity index (χ1n) is 8.64. The van der Waals surface area contributed by atoms with Crippen molar-refractivity contribution in [2.24, 2.45) is 5.73 Å². The molecule has 2 heterocycles. The lowest BCUT2D eigenvalue weighted by Gasteiger charge is -2.31. The molecule has 36 heavy (non-hydrogen) atoms. The molecule has 2 rings (SSSR count). The highest BCUT2D eigenvalue weighted by molar-refractivity contribution is 7.87. The van der Waals surface area contributed by atoms with Crippen molar-refractivity contribution >= 4 is 16.0 Å². The maximum Gasteiger partial charge on any atom is 0.460 e. The molecule has 0 spiro atoms. The molecule has 0 aliphatic carbocycles. The number of rotatable bonds is 5. The molecule has 1 amide bonds. The predicted octanol–water partition coefficient (Wildman–Crippen LogP) is -0.102. The third-order valence-electron chi connectivity index (χ3n) is 3.90. The lowest BCUT2D eigenvalue weighted by molar-refractivity contribution is -0.382. The molecule has 1 aromatic heterocycles. The quantitative estimate of drug-likeness (QED) is 0.204. The molecule has 7 N–H and O–H groups in total. The van der Waals surface area contributed by atoms with Gasteiger partial charge in [-0.3, -0.25) is 14.3 Å². The normalized spacial score (nSPS) is 23.2. The molecule has 11 nitrogen and oxygen atoms in total. The van der Waals surface area contributed by atoms with Crippen LogP contribution < -0.4 is 5.73 Å². The zero-order valence-electron chi connectivity index (χ0n) is 17.0. The van der Waals surface area contributed by atoms with Crippen molar-refractivity contribution in [2.45, 2.75) is 47.9 Å². The summed E-state index contributed by atoms with van der Waals surface area (Å²) in [5.41, 5.74) is 5.38. The van der Waals surface area contributed by atoms with Crippen molar-refractivity contribution in [1.29, 1.82) is 0 Å².